The number of ether oxygens (including phenoxy) is 3. The summed E-state index contributed by atoms with van der Waals surface area (Å²) >= 11 is 3.56. The maximum Gasteiger partial charge on any atom is 0.314 e. The van der Waals surface area contributed by atoms with Crippen molar-refractivity contribution in [2.45, 2.75) is 144 Å². The van der Waals surface area contributed by atoms with E-state index in [1.807, 2.05) is 0 Å². The van der Waals surface area contributed by atoms with Gasteiger partial charge in [-0.2, -0.15) is 0 Å². The van der Waals surface area contributed by atoms with Crippen LogP contribution in [0.25, 0.3) is 0 Å². The summed E-state index contributed by atoms with van der Waals surface area (Å²) in [6, 6.07) is 0. The maximum atomic E-state index is 11.0. The summed E-state index contributed by atoms with van der Waals surface area (Å²) in [5, 5.41) is 16.3. The van der Waals surface area contributed by atoms with Crippen LogP contribution in [-0.2, 0) is 43.0 Å². The van der Waals surface area contributed by atoms with Gasteiger partial charge in [0.25, 0.3) is 0 Å². The van der Waals surface area contributed by atoms with Gasteiger partial charge >= 0.3 is 29.8 Å². The molecule has 0 radical (unpaired) electrons. The average molecular weight is 639 g/mol. The molecular formula is C31H58O11S. The minimum Gasteiger partial charge on any atom is -0.481 e. The lowest BCUT2D eigenvalue weighted by molar-refractivity contribution is -0.152. The highest BCUT2D eigenvalue weighted by Crippen LogP contribution is 2.04. The Kier molecular flexibility index (Phi) is 41.5. The highest BCUT2D eigenvalue weighted by Gasteiger charge is 2.19. The quantitative estimate of drug-likeness (QED) is 0.0445. The first-order valence-electron chi connectivity index (χ1n) is 15.1. The Balaban J connectivity index is -0.000000245. The van der Waals surface area contributed by atoms with Gasteiger partial charge in [-0.25, -0.2) is 0 Å². The lowest BCUT2D eigenvalue weighted by Crippen LogP contribution is -2.08. The number of thiol groups is 1. The third-order valence-corrected chi connectivity index (χ3v) is 5.60. The lowest BCUT2D eigenvalue weighted by atomic mass is 10.2. The van der Waals surface area contributed by atoms with Crippen molar-refractivity contribution in [3.05, 3.63) is 0 Å². The van der Waals surface area contributed by atoms with E-state index in [-0.39, 0.29) is 57.0 Å². The summed E-state index contributed by atoms with van der Waals surface area (Å²) in [6.45, 7) is 7.65. The van der Waals surface area contributed by atoms with Crippen LogP contribution in [0.4, 0.5) is 0 Å². The van der Waals surface area contributed by atoms with Crippen LogP contribution in [0.3, 0.4) is 0 Å². The number of hydrogen-bond acceptors (Lipinski definition) is 10. The zero-order valence-corrected chi connectivity index (χ0v) is 26.8. The molecular weight excluding hydrogens is 580 g/mol. The molecule has 1 aliphatic rings. The van der Waals surface area contributed by atoms with Crippen LogP contribution in [0.5, 0.6) is 0 Å². The van der Waals surface area contributed by atoms with Gasteiger partial charge in [-0.3, -0.25) is 28.8 Å². The monoisotopic (exact) mass is 638 g/mol. The Morgan fingerprint density at radius 2 is 1.07 bits per heavy atom. The van der Waals surface area contributed by atoms with E-state index in [4.69, 9.17) is 19.7 Å². The third-order valence-electron chi connectivity index (χ3n) is 5.38. The van der Waals surface area contributed by atoms with Crippen molar-refractivity contribution in [1.29, 1.82) is 0 Å². The highest BCUT2D eigenvalue weighted by molar-refractivity contribution is 7.96. The van der Waals surface area contributed by atoms with Gasteiger partial charge in [-0.1, -0.05) is 86.0 Å². The molecule has 0 aromatic heterocycles. The number of aliphatic hydroxyl groups is 1. The number of carbonyl (C=O) groups excluding carboxylic acids is 5. The first kappa shape index (κ1) is 47.5. The first-order valence-corrected chi connectivity index (χ1v) is 15.6. The maximum absolute atomic E-state index is 11.0. The van der Waals surface area contributed by atoms with Crippen molar-refractivity contribution >= 4 is 47.6 Å². The largest absolute Gasteiger partial charge is 0.481 e. The van der Waals surface area contributed by atoms with Gasteiger partial charge in [0.2, 0.25) is 0 Å². The third kappa shape index (κ3) is 46.7. The van der Waals surface area contributed by atoms with Gasteiger partial charge in [-0.15, -0.1) is 12.6 Å². The van der Waals surface area contributed by atoms with Gasteiger partial charge < -0.3 is 24.4 Å². The number of carboxylic acids is 1. The fourth-order valence-corrected chi connectivity index (χ4v) is 3.08. The number of carbonyl (C=O) groups is 6. The summed E-state index contributed by atoms with van der Waals surface area (Å²) < 4.78 is 13.8. The summed E-state index contributed by atoms with van der Waals surface area (Å²) in [6.07, 6.45) is 13.9. The first-order chi connectivity index (χ1) is 20.0. The van der Waals surface area contributed by atoms with Gasteiger partial charge in [0.15, 0.2) is 5.12 Å². The van der Waals surface area contributed by atoms with Crippen LogP contribution >= 0.6 is 12.6 Å². The van der Waals surface area contributed by atoms with Gasteiger partial charge in [0, 0.05) is 13.0 Å². The Labute approximate surface area is 264 Å². The SMILES string of the molecule is C.CCCCCCO.CCCCCCOC(=O)CCC(=O)O.CCCCCCOC(=O)CCC(=O)S.O=C1CCC(=O)O1. The molecule has 12 heteroatoms. The summed E-state index contributed by atoms with van der Waals surface area (Å²) in [5.74, 6) is -2.48. The van der Waals surface area contributed by atoms with Crippen molar-refractivity contribution < 1.29 is 53.2 Å². The van der Waals surface area contributed by atoms with Crippen LogP contribution in [0, 0.1) is 0 Å². The molecule has 0 aromatic carbocycles. The summed E-state index contributed by atoms with van der Waals surface area (Å²) in [5.41, 5.74) is 0. The lowest BCUT2D eigenvalue weighted by Gasteiger charge is -2.02. The van der Waals surface area contributed by atoms with E-state index >= 15 is 0 Å². The molecule has 254 valence electrons. The van der Waals surface area contributed by atoms with Gasteiger partial charge in [0.1, 0.15) is 0 Å². The molecule has 1 rings (SSSR count). The molecule has 1 heterocycles. The number of esters is 4. The predicted octanol–water partition coefficient (Wildman–Crippen LogP) is 6.37. The highest BCUT2D eigenvalue weighted by atomic mass is 32.1. The van der Waals surface area contributed by atoms with E-state index < -0.39 is 23.9 Å². The van der Waals surface area contributed by atoms with Crippen molar-refractivity contribution in [3.63, 3.8) is 0 Å². The standard InChI is InChI=1S/C10H18O4.C10H18O3S.C6H14O.C4H4O3.CH4/c1-2-3-4-5-8-14-10(13)7-6-9(11)12;1-2-3-4-5-8-13-9(11)6-7-10(12)14;1-2-3-4-5-6-7;5-3-1-2-4(6)7-3;/h2-8H2,1H3,(H,11,12);2-8H2,1H3,(H,12,14);7H,2-6H2,1H3;1-2H2;1H4. The fourth-order valence-electron chi connectivity index (χ4n) is 2.96. The van der Waals surface area contributed by atoms with Crippen LogP contribution in [0.15, 0.2) is 0 Å². The number of carboxylic acid groups (broad SMARTS) is 1. The zero-order valence-electron chi connectivity index (χ0n) is 25.9. The molecule has 0 atom stereocenters. The minimum absolute atomic E-state index is 0. The normalized spacial score (nSPS) is 11.2. The van der Waals surface area contributed by atoms with E-state index in [2.05, 4.69) is 38.1 Å². The Bertz CT molecular complexity index is 669. The molecule has 43 heavy (non-hydrogen) atoms. The second-order valence-electron chi connectivity index (χ2n) is 9.48. The van der Waals surface area contributed by atoms with E-state index in [1.165, 1.54) is 32.1 Å². The molecule has 0 amide bonds. The Morgan fingerprint density at radius 3 is 1.37 bits per heavy atom. The number of cyclic esters (lactones) is 2. The molecule has 0 saturated carbocycles. The molecule has 1 aliphatic heterocycles. The number of unbranched alkanes of at least 4 members (excludes halogenated alkanes) is 9. The van der Waals surface area contributed by atoms with Crippen LogP contribution in [0.1, 0.15) is 144 Å². The minimum atomic E-state index is -0.965. The van der Waals surface area contributed by atoms with Gasteiger partial charge in [0.05, 0.1) is 45.3 Å². The molecule has 11 nitrogen and oxygen atoms in total. The molecule has 0 spiro atoms. The zero-order chi connectivity index (χ0) is 32.4. The van der Waals surface area contributed by atoms with Crippen molar-refractivity contribution in [2.24, 2.45) is 0 Å². The molecule has 0 aliphatic carbocycles. The summed E-state index contributed by atoms with van der Waals surface area (Å²) in [7, 11) is 0. The fraction of sp³-hybridized carbons (Fsp3) is 0.806. The van der Waals surface area contributed by atoms with Gasteiger partial charge in [-0.05, 0) is 19.3 Å². The predicted molar refractivity (Wildman–Crippen MR) is 169 cm³/mol. The van der Waals surface area contributed by atoms with Crippen molar-refractivity contribution in [2.75, 3.05) is 19.8 Å². The van der Waals surface area contributed by atoms with Crippen molar-refractivity contribution in [3.8, 4) is 0 Å². The Morgan fingerprint density at radius 1 is 0.674 bits per heavy atom. The Hall–Kier alpha value is -2.47. The van der Waals surface area contributed by atoms with E-state index in [1.54, 1.807) is 0 Å². The topological polar surface area (TPSA) is 171 Å². The molecule has 2 N–H and O–H groups in total. The molecule has 0 bridgehead atoms. The van der Waals surface area contributed by atoms with E-state index in [0.717, 1.165) is 44.9 Å². The van der Waals surface area contributed by atoms with Crippen molar-refractivity contribution in [1.82, 2.24) is 0 Å². The van der Waals surface area contributed by atoms with Crippen LogP contribution in [-0.4, -0.2) is 65.0 Å². The smallest absolute Gasteiger partial charge is 0.314 e. The number of rotatable bonds is 20. The molecule has 0 unspecified atom stereocenters. The number of aliphatic hydroxyl groups excluding tert-OH is 1. The number of aliphatic carboxylic acids is 1. The van der Waals surface area contributed by atoms with E-state index in [9.17, 15) is 28.8 Å². The second kappa shape index (κ2) is 37.6. The van der Waals surface area contributed by atoms with Crippen LogP contribution in [0.2, 0.25) is 0 Å². The van der Waals surface area contributed by atoms with E-state index in [0.29, 0.717) is 19.8 Å². The molecule has 1 saturated heterocycles. The molecule has 1 fully saturated rings. The summed E-state index contributed by atoms with van der Waals surface area (Å²) in [4.78, 5) is 62.4. The average Bonchev–Trinajstić information content (AvgIpc) is 3.34. The van der Waals surface area contributed by atoms with Crippen LogP contribution < -0.4 is 0 Å². The second-order valence-corrected chi connectivity index (χ2v) is 9.98. The molecule has 0 aromatic rings. The number of hydrogen-bond donors (Lipinski definition) is 3.